The molecule has 0 radical (unpaired) electrons. The summed E-state index contributed by atoms with van der Waals surface area (Å²) in [5.41, 5.74) is 0.669. The van der Waals surface area contributed by atoms with Gasteiger partial charge in [-0.05, 0) is 11.0 Å². The first kappa shape index (κ1) is 14.0. The Bertz CT molecular complexity index is 381. The van der Waals surface area contributed by atoms with E-state index in [1.54, 1.807) is 12.1 Å². The van der Waals surface area contributed by atoms with Crippen LogP contribution in [0.2, 0.25) is 0 Å². The van der Waals surface area contributed by atoms with Gasteiger partial charge >= 0.3 is 0 Å². The van der Waals surface area contributed by atoms with E-state index in [2.05, 4.69) is 0 Å². The van der Waals surface area contributed by atoms with E-state index in [1.165, 1.54) is 6.07 Å². The molecule has 0 bridgehead atoms. The summed E-state index contributed by atoms with van der Waals surface area (Å²) in [6.07, 6.45) is -2.58. The van der Waals surface area contributed by atoms with E-state index in [-0.39, 0.29) is 16.7 Å². The summed E-state index contributed by atoms with van der Waals surface area (Å²) in [6, 6.07) is 5.02. The summed E-state index contributed by atoms with van der Waals surface area (Å²) < 4.78 is 0. The topological polar surface area (TPSA) is 80.9 Å². The van der Waals surface area contributed by atoms with Crippen LogP contribution >= 0.6 is 0 Å². The van der Waals surface area contributed by atoms with Gasteiger partial charge < -0.3 is 20.4 Å². The highest BCUT2D eigenvalue weighted by molar-refractivity contribution is 5.45. The second-order valence-corrected chi connectivity index (χ2v) is 5.19. The molecule has 0 fully saturated rings. The molecule has 0 saturated heterocycles. The Balaban J connectivity index is 3.19. The zero-order chi connectivity index (χ0) is 13.2. The van der Waals surface area contributed by atoms with Crippen LogP contribution in [0.5, 0.6) is 5.75 Å². The van der Waals surface area contributed by atoms with Crippen molar-refractivity contribution in [2.45, 2.75) is 38.4 Å². The number of aromatic hydroxyl groups is 1. The van der Waals surface area contributed by atoms with Gasteiger partial charge in [-0.25, -0.2) is 0 Å². The number of hydrogen-bond acceptors (Lipinski definition) is 4. The minimum absolute atomic E-state index is 0.0278. The molecule has 0 heterocycles. The van der Waals surface area contributed by atoms with Crippen LogP contribution in [0.25, 0.3) is 0 Å². The second-order valence-electron chi connectivity index (χ2n) is 5.19. The molecule has 0 spiro atoms. The Morgan fingerprint density at radius 1 is 1.18 bits per heavy atom. The molecule has 0 saturated carbocycles. The first-order valence-corrected chi connectivity index (χ1v) is 5.58. The van der Waals surface area contributed by atoms with Gasteiger partial charge in [-0.3, -0.25) is 0 Å². The zero-order valence-corrected chi connectivity index (χ0v) is 10.4. The number of phenols is 1. The maximum absolute atomic E-state index is 10.1. The summed E-state index contributed by atoms with van der Waals surface area (Å²) >= 11 is 0. The van der Waals surface area contributed by atoms with Gasteiger partial charge in [-0.2, -0.15) is 0 Å². The van der Waals surface area contributed by atoms with Gasteiger partial charge in [0, 0.05) is 5.56 Å². The van der Waals surface area contributed by atoms with Crippen molar-refractivity contribution in [3.05, 3.63) is 29.3 Å². The van der Waals surface area contributed by atoms with Crippen LogP contribution in [0.15, 0.2) is 18.2 Å². The number of phenolic OH excluding ortho intramolecular Hbond substituents is 1. The first-order chi connectivity index (χ1) is 7.79. The van der Waals surface area contributed by atoms with Crippen LogP contribution in [0, 0.1) is 0 Å². The van der Waals surface area contributed by atoms with Crippen LogP contribution in [0.1, 0.15) is 38.0 Å². The molecule has 0 aliphatic rings. The van der Waals surface area contributed by atoms with Gasteiger partial charge in [0.2, 0.25) is 0 Å². The molecule has 0 aliphatic carbocycles. The predicted molar refractivity (Wildman–Crippen MR) is 64.9 cm³/mol. The van der Waals surface area contributed by atoms with Gasteiger partial charge in [-0.1, -0.05) is 39.0 Å². The SMILES string of the molecule is CC(C)(C)c1cccc(C(O)C(O)CO)c1O. The molecule has 0 amide bonds. The lowest BCUT2D eigenvalue weighted by Gasteiger charge is -2.24. The lowest BCUT2D eigenvalue weighted by molar-refractivity contribution is -0.0162. The number of para-hydroxylation sites is 1. The van der Waals surface area contributed by atoms with Crippen molar-refractivity contribution in [2.75, 3.05) is 6.61 Å². The van der Waals surface area contributed by atoms with Crippen LogP contribution in [0.4, 0.5) is 0 Å². The fraction of sp³-hybridized carbons (Fsp3) is 0.538. The lowest BCUT2D eigenvalue weighted by Crippen LogP contribution is -2.23. The van der Waals surface area contributed by atoms with Crippen molar-refractivity contribution < 1.29 is 20.4 Å². The molecular weight excluding hydrogens is 220 g/mol. The zero-order valence-electron chi connectivity index (χ0n) is 10.4. The predicted octanol–water partition coefficient (Wildman–Crippen LogP) is 1.08. The number of hydrogen-bond donors (Lipinski definition) is 4. The van der Waals surface area contributed by atoms with Crippen molar-refractivity contribution in [3.63, 3.8) is 0 Å². The molecule has 4 heteroatoms. The van der Waals surface area contributed by atoms with Crippen molar-refractivity contribution in [2.24, 2.45) is 0 Å². The third kappa shape index (κ3) is 2.97. The monoisotopic (exact) mass is 240 g/mol. The molecule has 1 aromatic carbocycles. The third-order valence-corrected chi connectivity index (χ3v) is 2.75. The summed E-state index contributed by atoms with van der Waals surface area (Å²) in [5.74, 6) is -0.0278. The highest BCUT2D eigenvalue weighted by Crippen LogP contribution is 2.36. The van der Waals surface area contributed by atoms with Crippen molar-refractivity contribution in [1.29, 1.82) is 0 Å². The molecule has 96 valence electrons. The average Bonchev–Trinajstić information content (AvgIpc) is 2.25. The van der Waals surface area contributed by atoms with Crippen molar-refractivity contribution in [1.82, 2.24) is 0 Å². The molecule has 1 aromatic rings. The number of aliphatic hydroxyl groups excluding tert-OH is 3. The van der Waals surface area contributed by atoms with Gasteiger partial charge in [0.15, 0.2) is 0 Å². The van der Waals surface area contributed by atoms with E-state index in [4.69, 9.17) is 5.11 Å². The van der Waals surface area contributed by atoms with Gasteiger partial charge in [0.25, 0.3) is 0 Å². The van der Waals surface area contributed by atoms with Crippen LogP contribution < -0.4 is 0 Å². The number of benzene rings is 1. The minimum Gasteiger partial charge on any atom is -0.507 e. The molecule has 0 aromatic heterocycles. The minimum atomic E-state index is -1.30. The third-order valence-electron chi connectivity index (χ3n) is 2.75. The Morgan fingerprint density at radius 3 is 2.24 bits per heavy atom. The van der Waals surface area contributed by atoms with E-state index in [0.717, 1.165) is 0 Å². The maximum atomic E-state index is 10.1. The Labute approximate surface area is 101 Å². The molecule has 1 rings (SSSR count). The molecule has 0 aliphatic heterocycles. The van der Waals surface area contributed by atoms with E-state index in [1.807, 2.05) is 20.8 Å². The molecule has 17 heavy (non-hydrogen) atoms. The molecule has 2 atom stereocenters. The van der Waals surface area contributed by atoms with Gasteiger partial charge in [-0.15, -0.1) is 0 Å². The summed E-state index contributed by atoms with van der Waals surface area (Å²) in [4.78, 5) is 0. The van der Waals surface area contributed by atoms with Crippen molar-refractivity contribution >= 4 is 0 Å². The Morgan fingerprint density at radius 2 is 1.76 bits per heavy atom. The summed E-state index contributed by atoms with van der Waals surface area (Å²) in [7, 11) is 0. The highest BCUT2D eigenvalue weighted by atomic mass is 16.4. The normalized spacial score (nSPS) is 15.6. The quantitative estimate of drug-likeness (QED) is 0.637. The molecule has 4 nitrogen and oxygen atoms in total. The lowest BCUT2D eigenvalue weighted by atomic mass is 9.84. The maximum Gasteiger partial charge on any atom is 0.125 e. The molecule has 2 unspecified atom stereocenters. The summed E-state index contributed by atoms with van der Waals surface area (Å²) in [5, 5.41) is 38.1. The highest BCUT2D eigenvalue weighted by Gasteiger charge is 2.25. The van der Waals surface area contributed by atoms with Gasteiger partial charge in [0.05, 0.1) is 6.61 Å². The summed E-state index contributed by atoms with van der Waals surface area (Å²) in [6.45, 7) is 5.28. The Hall–Kier alpha value is -1.10. The molecule has 4 N–H and O–H groups in total. The van der Waals surface area contributed by atoms with Crippen LogP contribution in [-0.4, -0.2) is 33.1 Å². The van der Waals surface area contributed by atoms with Crippen molar-refractivity contribution in [3.8, 4) is 5.75 Å². The van der Waals surface area contributed by atoms with E-state index >= 15 is 0 Å². The number of rotatable bonds is 3. The second kappa shape index (κ2) is 5.04. The van der Waals surface area contributed by atoms with E-state index in [9.17, 15) is 15.3 Å². The smallest absolute Gasteiger partial charge is 0.125 e. The standard InChI is InChI=1S/C13H20O4/c1-13(2,3)9-6-4-5-8(11(9)16)12(17)10(15)7-14/h4-6,10,12,14-17H,7H2,1-3H3. The fourth-order valence-corrected chi connectivity index (χ4v) is 1.71. The van der Waals surface area contributed by atoms with Crippen LogP contribution in [-0.2, 0) is 5.41 Å². The Kier molecular flexibility index (Phi) is 4.14. The van der Waals surface area contributed by atoms with Gasteiger partial charge in [0.1, 0.15) is 18.0 Å². The largest absolute Gasteiger partial charge is 0.507 e. The average molecular weight is 240 g/mol. The van der Waals surface area contributed by atoms with Crippen LogP contribution in [0.3, 0.4) is 0 Å². The van der Waals surface area contributed by atoms with E-state index in [0.29, 0.717) is 5.56 Å². The fourth-order valence-electron chi connectivity index (χ4n) is 1.71. The number of aliphatic hydroxyl groups is 3. The first-order valence-electron chi connectivity index (χ1n) is 5.58. The molecular formula is C13H20O4. The van der Waals surface area contributed by atoms with E-state index < -0.39 is 18.8 Å².